The number of hydrogen-bond donors (Lipinski definition) is 0. The lowest BCUT2D eigenvalue weighted by Crippen LogP contribution is -2.15. The summed E-state index contributed by atoms with van der Waals surface area (Å²) in [6, 6.07) is 18.0. The Morgan fingerprint density at radius 2 is 1.60 bits per heavy atom. The van der Waals surface area contributed by atoms with Crippen molar-refractivity contribution in [3.8, 4) is 0 Å². The van der Waals surface area contributed by atoms with Gasteiger partial charge in [0.15, 0.2) is 0 Å². The van der Waals surface area contributed by atoms with E-state index in [1.165, 1.54) is 0 Å². The van der Waals surface area contributed by atoms with E-state index in [0.29, 0.717) is 12.3 Å². The molecule has 1 aromatic heterocycles. The van der Waals surface area contributed by atoms with Gasteiger partial charge in [0.05, 0.1) is 7.14 Å². The minimum absolute atomic E-state index is 0.00900. The molecule has 0 aliphatic heterocycles. The summed E-state index contributed by atoms with van der Waals surface area (Å²) in [4.78, 5) is 12.7. The lowest BCUT2D eigenvalue weighted by molar-refractivity contribution is 0.0901. The molecular weight excluding hydrogens is 329 g/mol. The Bertz CT molecular complexity index is 907. The normalized spacial score (nSPS) is 13.0. The summed E-state index contributed by atoms with van der Waals surface area (Å²) in [5, 5.41) is 2.28. The number of rotatable bonds is 6. The van der Waals surface area contributed by atoms with E-state index in [4.69, 9.17) is 0 Å². The Morgan fingerprint density at radius 1 is 0.960 bits per heavy atom. The van der Waals surface area contributed by atoms with Gasteiger partial charge in [0.25, 0.3) is 0 Å². The maximum Gasteiger partial charge on any atom is 0.231 e. The molecular formula is C21H24NO2P. The van der Waals surface area contributed by atoms with Crippen molar-refractivity contribution < 1.29 is 9.36 Å². The minimum atomic E-state index is -2.48. The second-order valence-corrected chi connectivity index (χ2v) is 10.2. The standard InChI is InChI=1S/C21H24NO2P/c1-3-25(24,4-2)20(16-21(23)22-13-7-8-14-22)19-12-11-17-9-5-6-10-18(17)15-19/h5-15,20H,3-4,16H2,1-2H3/t20-/m0/s1. The van der Waals surface area contributed by atoms with Crippen molar-refractivity contribution in [3.05, 3.63) is 72.6 Å². The molecule has 3 rings (SSSR count). The minimum Gasteiger partial charge on any atom is -0.323 e. The molecule has 0 aliphatic carbocycles. The highest BCUT2D eigenvalue weighted by Gasteiger charge is 2.33. The lowest BCUT2D eigenvalue weighted by Gasteiger charge is -2.26. The Hall–Kier alpha value is -2.12. The fourth-order valence-corrected chi connectivity index (χ4v) is 5.93. The number of aromatic nitrogens is 1. The van der Waals surface area contributed by atoms with Crippen molar-refractivity contribution in [3.63, 3.8) is 0 Å². The smallest absolute Gasteiger partial charge is 0.231 e. The monoisotopic (exact) mass is 353 g/mol. The van der Waals surface area contributed by atoms with Crippen LogP contribution in [0.25, 0.3) is 10.8 Å². The molecule has 4 heteroatoms. The molecule has 0 radical (unpaired) electrons. The van der Waals surface area contributed by atoms with E-state index in [0.717, 1.165) is 16.3 Å². The molecule has 3 nitrogen and oxygen atoms in total. The van der Waals surface area contributed by atoms with Crippen LogP contribution in [0.4, 0.5) is 0 Å². The maximum atomic E-state index is 13.5. The predicted octanol–water partition coefficient (Wildman–Crippen LogP) is 5.82. The Morgan fingerprint density at radius 3 is 2.24 bits per heavy atom. The SMILES string of the molecule is CCP(=O)(CC)[C@@H](CC(=O)n1cccc1)c1ccc2ccccc2c1. The van der Waals surface area contributed by atoms with Crippen molar-refractivity contribution in [2.75, 3.05) is 12.3 Å². The molecule has 0 aliphatic rings. The zero-order valence-electron chi connectivity index (χ0n) is 14.8. The van der Waals surface area contributed by atoms with Crippen molar-refractivity contribution in [1.29, 1.82) is 0 Å². The number of fused-ring (bicyclic) bond motifs is 1. The summed E-state index contributed by atoms with van der Waals surface area (Å²) in [6.07, 6.45) is 5.00. The molecule has 1 heterocycles. The van der Waals surface area contributed by atoms with Crippen LogP contribution in [0.5, 0.6) is 0 Å². The largest absolute Gasteiger partial charge is 0.323 e. The third kappa shape index (κ3) is 3.62. The van der Waals surface area contributed by atoms with Gasteiger partial charge in [0, 0.05) is 24.5 Å². The highest BCUT2D eigenvalue weighted by atomic mass is 31.2. The zero-order chi connectivity index (χ0) is 17.9. The molecule has 1 atom stereocenters. The fraction of sp³-hybridized carbons (Fsp3) is 0.286. The van der Waals surface area contributed by atoms with Gasteiger partial charge in [-0.2, -0.15) is 0 Å². The highest BCUT2D eigenvalue weighted by molar-refractivity contribution is 7.64. The number of nitrogens with zero attached hydrogens (tertiary/aromatic N) is 1. The predicted molar refractivity (Wildman–Crippen MR) is 105 cm³/mol. The van der Waals surface area contributed by atoms with Crippen LogP contribution in [-0.2, 0) is 4.57 Å². The van der Waals surface area contributed by atoms with E-state index in [-0.39, 0.29) is 18.0 Å². The Kier molecular flexibility index (Phi) is 5.24. The van der Waals surface area contributed by atoms with Crippen molar-refractivity contribution >= 4 is 23.8 Å². The van der Waals surface area contributed by atoms with E-state index in [1.54, 1.807) is 17.0 Å². The quantitative estimate of drug-likeness (QED) is 0.524. The topological polar surface area (TPSA) is 39.1 Å². The van der Waals surface area contributed by atoms with Crippen LogP contribution in [0.2, 0.25) is 0 Å². The molecule has 0 N–H and O–H groups in total. The lowest BCUT2D eigenvalue weighted by atomic mass is 10.0. The molecule has 0 amide bonds. The van der Waals surface area contributed by atoms with Gasteiger partial charge >= 0.3 is 0 Å². The van der Waals surface area contributed by atoms with Gasteiger partial charge in [-0.05, 0) is 40.8 Å². The third-order valence-electron chi connectivity index (χ3n) is 5.06. The molecule has 25 heavy (non-hydrogen) atoms. The van der Waals surface area contributed by atoms with Crippen molar-refractivity contribution in [2.45, 2.75) is 25.9 Å². The van der Waals surface area contributed by atoms with Crippen LogP contribution in [0, 0.1) is 0 Å². The van der Waals surface area contributed by atoms with Crippen LogP contribution in [-0.4, -0.2) is 22.8 Å². The molecule has 0 bridgehead atoms. The summed E-state index contributed by atoms with van der Waals surface area (Å²) in [7, 11) is -2.48. The molecule has 0 fully saturated rings. The Labute approximate surface area is 149 Å². The van der Waals surface area contributed by atoms with E-state index >= 15 is 0 Å². The van der Waals surface area contributed by atoms with Gasteiger partial charge in [-0.1, -0.05) is 56.3 Å². The second-order valence-electron chi connectivity index (χ2n) is 6.40. The Balaban J connectivity index is 2.03. The first kappa shape index (κ1) is 17.7. The van der Waals surface area contributed by atoms with E-state index in [2.05, 4.69) is 24.3 Å². The van der Waals surface area contributed by atoms with Gasteiger partial charge in [-0.25, -0.2) is 0 Å². The third-order valence-corrected chi connectivity index (χ3v) is 8.82. The molecule has 0 spiro atoms. The van der Waals surface area contributed by atoms with Crippen molar-refractivity contribution in [2.24, 2.45) is 0 Å². The molecule has 0 saturated heterocycles. The second kappa shape index (κ2) is 7.41. The van der Waals surface area contributed by atoms with Gasteiger partial charge in [-0.15, -0.1) is 0 Å². The number of carbonyl (C=O) groups is 1. The van der Waals surface area contributed by atoms with Gasteiger partial charge in [0.1, 0.15) is 0 Å². The zero-order valence-corrected chi connectivity index (χ0v) is 15.7. The highest BCUT2D eigenvalue weighted by Crippen LogP contribution is 2.60. The van der Waals surface area contributed by atoms with Crippen LogP contribution >= 0.6 is 7.14 Å². The van der Waals surface area contributed by atoms with E-state index in [1.807, 2.05) is 44.2 Å². The van der Waals surface area contributed by atoms with Gasteiger partial charge in [0.2, 0.25) is 5.91 Å². The summed E-state index contributed by atoms with van der Waals surface area (Å²) < 4.78 is 15.1. The fourth-order valence-electron chi connectivity index (χ4n) is 3.41. The van der Waals surface area contributed by atoms with Crippen LogP contribution in [0.3, 0.4) is 0 Å². The van der Waals surface area contributed by atoms with Crippen LogP contribution in [0.1, 0.15) is 36.3 Å². The number of carbonyl (C=O) groups excluding carboxylic acids is 1. The van der Waals surface area contributed by atoms with E-state index in [9.17, 15) is 9.36 Å². The first-order valence-electron chi connectivity index (χ1n) is 8.80. The average molecular weight is 353 g/mol. The van der Waals surface area contributed by atoms with Crippen molar-refractivity contribution in [1.82, 2.24) is 4.57 Å². The average Bonchev–Trinajstić information content (AvgIpc) is 3.20. The first-order chi connectivity index (χ1) is 12.1. The van der Waals surface area contributed by atoms with Crippen LogP contribution < -0.4 is 0 Å². The van der Waals surface area contributed by atoms with Gasteiger partial charge in [-0.3, -0.25) is 9.36 Å². The van der Waals surface area contributed by atoms with E-state index < -0.39 is 7.14 Å². The van der Waals surface area contributed by atoms with Gasteiger partial charge < -0.3 is 4.57 Å². The molecule has 3 aromatic rings. The number of benzene rings is 2. The summed E-state index contributed by atoms with van der Waals surface area (Å²) in [5.41, 5.74) is 0.772. The number of hydrogen-bond acceptors (Lipinski definition) is 2. The summed E-state index contributed by atoms with van der Waals surface area (Å²) >= 11 is 0. The maximum absolute atomic E-state index is 13.5. The first-order valence-corrected chi connectivity index (χ1v) is 10.9. The van der Waals surface area contributed by atoms with Crippen LogP contribution in [0.15, 0.2) is 67.0 Å². The summed E-state index contributed by atoms with van der Waals surface area (Å²) in [6.45, 7) is 3.94. The molecule has 0 saturated carbocycles. The summed E-state index contributed by atoms with van der Waals surface area (Å²) in [5.74, 6) is -0.00900. The molecule has 0 unspecified atom stereocenters. The molecule has 2 aromatic carbocycles. The molecule has 130 valence electrons.